The maximum atomic E-state index is 11.2. The molecule has 0 radical (unpaired) electrons. The Kier molecular flexibility index (Phi) is 3.38. The van der Waals surface area contributed by atoms with Crippen LogP contribution in [0.25, 0.3) is 0 Å². The standard InChI is InChI=1S/C13H17NO/c15-13-7-6-12(8-9-14-13)10-11-4-2-1-3-5-11/h1-5,12H,6-10H2,(H,14,15). The molecule has 1 N–H and O–H groups in total. The molecule has 0 bridgehead atoms. The predicted octanol–water partition coefficient (Wildman–Crippen LogP) is 2.15. The van der Waals surface area contributed by atoms with Gasteiger partial charge in [-0.1, -0.05) is 30.3 Å². The second-order valence-corrected chi connectivity index (χ2v) is 4.23. The van der Waals surface area contributed by atoms with Crippen molar-refractivity contribution in [1.82, 2.24) is 5.32 Å². The molecule has 2 heteroatoms. The minimum atomic E-state index is 0.213. The van der Waals surface area contributed by atoms with Crippen molar-refractivity contribution < 1.29 is 4.79 Å². The molecule has 0 aliphatic carbocycles. The highest BCUT2D eigenvalue weighted by Crippen LogP contribution is 2.19. The van der Waals surface area contributed by atoms with E-state index in [9.17, 15) is 4.79 Å². The van der Waals surface area contributed by atoms with Gasteiger partial charge in [-0.25, -0.2) is 0 Å². The average molecular weight is 203 g/mol. The summed E-state index contributed by atoms with van der Waals surface area (Å²) >= 11 is 0. The van der Waals surface area contributed by atoms with Crippen LogP contribution in [-0.2, 0) is 11.2 Å². The van der Waals surface area contributed by atoms with E-state index in [0.717, 1.165) is 25.8 Å². The number of amides is 1. The van der Waals surface area contributed by atoms with Crippen LogP contribution in [0.3, 0.4) is 0 Å². The largest absolute Gasteiger partial charge is 0.356 e. The lowest BCUT2D eigenvalue weighted by molar-refractivity contribution is -0.120. The first kappa shape index (κ1) is 10.2. The van der Waals surface area contributed by atoms with Crippen LogP contribution in [0.2, 0.25) is 0 Å². The molecule has 2 rings (SSSR count). The lowest BCUT2D eigenvalue weighted by Gasteiger charge is -2.12. The predicted molar refractivity (Wildman–Crippen MR) is 60.5 cm³/mol. The van der Waals surface area contributed by atoms with E-state index in [2.05, 4.69) is 29.6 Å². The van der Waals surface area contributed by atoms with Crippen molar-refractivity contribution in [1.29, 1.82) is 0 Å². The van der Waals surface area contributed by atoms with E-state index in [0.29, 0.717) is 12.3 Å². The lowest BCUT2D eigenvalue weighted by Crippen LogP contribution is -2.21. The van der Waals surface area contributed by atoms with Crippen LogP contribution in [0.1, 0.15) is 24.8 Å². The van der Waals surface area contributed by atoms with E-state index in [1.165, 1.54) is 5.56 Å². The van der Waals surface area contributed by atoms with Gasteiger partial charge in [0.05, 0.1) is 0 Å². The Morgan fingerprint density at radius 1 is 1.20 bits per heavy atom. The van der Waals surface area contributed by atoms with E-state index in [1.54, 1.807) is 0 Å². The Labute approximate surface area is 90.7 Å². The van der Waals surface area contributed by atoms with Crippen LogP contribution >= 0.6 is 0 Å². The molecule has 2 nitrogen and oxygen atoms in total. The Hall–Kier alpha value is -1.31. The van der Waals surface area contributed by atoms with E-state index in [1.807, 2.05) is 6.07 Å². The van der Waals surface area contributed by atoms with Gasteiger partial charge in [-0.05, 0) is 30.7 Å². The van der Waals surface area contributed by atoms with Gasteiger partial charge in [0.1, 0.15) is 0 Å². The second kappa shape index (κ2) is 4.96. The summed E-state index contributed by atoms with van der Waals surface area (Å²) in [5.74, 6) is 0.872. The third kappa shape index (κ3) is 3.08. The zero-order valence-corrected chi connectivity index (χ0v) is 8.91. The lowest BCUT2D eigenvalue weighted by atomic mass is 9.93. The van der Waals surface area contributed by atoms with Gasteiger partial charge < -0.3 is 5.32 Å². The van der Waals surface area contributed by atoms with E-state index in [4.69, 9.17) is 0 Å². The first-order chi connectivity index (χ1) is 7.34. The summed E-state index contributed by atoms with van der Waals surface area (Å²) in [6.45, 7) is 0.844. The molecule has 0 saturated carbocycles. The Bertz CT molecular complexity index is 321. The number of benzene rings is 1. The van der Waals surface area contributed by atoms with Crippen LogP contribution in [0.5, 0.6) is 0 Å². The summed E-state index contributed by atoms with van der Waals surface area (Å²) < 4.78 is 0. The SMILES string of the molecule is O=C1CCC(Cc2ccccc2)CCN1. The van der Waals surface area contributed by atoms with Crippen molar-refractivity contribution in [2.75, 3.05) is 6.54 Å². The molecule has 1 saturated heterocycles. The molecule has 80 valence electrons. The summed E-state index contributed by atoms with van der Waals surface area (Å²) in [7, 11) is 0. The Balaban J connectivity index is 1.92. The highest BCUT2D eigenvalue weighted by atomic mass is 16.1. The van der Waals surface area contributed by atoms with Crippen molar-refractivity contribution in [3.8, 4) is 0 Å². The van der Waals surface area contributed by atoms with Crippen molar-refractivity contribution in [3.63, 3.8) is 0 Å². The molecule has 1 aliphatic heterocycles. The Morgan fingerprint density at radius 2 is 2.00 bits per heavy atom. The highest BCUT2D eigenvalue weighted by molar-refractivity contribution is 5.76. The van der Waals surface area contributed by atoms with Crippen molar-refractivity contribution in [2.24, 2.45) is 5.92 Å². The fourth-order valence-electron chi connectivity index (χ4n) is 2.14. The zero-order valence-electron chi connectivity index (χ0n) is 8.91. The van der Waals surface area contributed by atoms with Gasteiger partial charge >= 0.3 is 0 Å². The fourth-order valence-corrected chi connectivity index (χ4v) is 2.14. The highest BCUT2D eigenvalue weighted by Gasteiger charge is 2.15. The van der Waals surface area contributed by atoms with Crippen LogP contribution in [0.4, 0.5) is 0 Å². The third-order valence-corrected chi connectivity index (χ3v) is 3.02. The molecule has 1 aromatic rings. The maximum Gasteiger partial charge on any atom is 0.220 e. The average Bonchev–Trinajstić information content (AvgIpc) is 2.46. The number of rotatable bonds is 2. The summed E-state index contributed by atoms with van der Waals surface area (Å²) in [4.78, 5) is 11.2. The van der Waals surface area contributed by atoms with Gasteiger partial charge in [0.25, 0.3) is 0 Å². The maximum absolute atomic E-state index is 11.2. The molecule has 1 aromatic carbocycles. The van der Waals surface area contributed by atoms with Gasteiger partial charge in [-0.3, -0.25) is 4.79 Å². The minimum Gasteiger partial charge on any atom is -0.356 e. The second-order valence-electron chi connectivity index (χ2n) is 4.23. The van der Waals surface area contributed by atoms with Crippen molar-refractivity contribution in [2.45, 2.75) is 25.7 Å². The normalized spacial score (nSPS) is 21.9. The molecule has 1 atom stereocenters. The molecule has 1 unspecified atom stereocenters. The molecular formula is C13H17NO. The molecule has 0 spiro atoms. The number of carbonyl (C=O) groups is 1. The molecule has 15 heavy (non-hydrogen) atoms. The van der Waals surface area contributed by atoms with Crippen LogP contribution in [-0.4, -0.2) is 12.5 Å². The van der Waals surface area contributed by atoms with Crippen molar-refractivity contribution in [3.05, 3.63) is 35.9 Å². The van der Waals surface area contributed by atoms with Gasteiger partial charge in [-0.15, -0.1) is 0 Å². The third-order valence-electron chi connectivity index (χ3n) is 3.02. The molecule has 1 amide bonds. The van der Waals surface area contributed by atoms with Crippen LogP contribution in [0.15, 0.2) is 30.3 Å². The summed E-state index contributed by atoms with van der Waals surface area (Å²) in [6.07, 6.45) is 3.94. The monoisotopic (exact) mass is 203 g/mol. The van der Waals surface area contributed by atoms with Gasteiger partial charge in [0.2, 0.25) is 5.91 Å². The van der Waals surface area contributed by atoms with Crippen molar-refractivity contribution >= 4 is 5.91 Å². The summed E-state index contributed by atoms with van der Waals surface area (Å²) in [5.41, 5.74) is 1.39. The smallest absolute Gasteiger partial charge is 0.220 e. The summed E-state index contributed by atoms with van der Waals surface area (Å²) in [5, 5.41) is 2.92. The molecular weight excluding hydrogens is 186 g/mol. The number of carbonyl (C=O) groups excluding carboxylic acids is 1. The zero-order chi connectivity index (χ0) is 10.5. The number of nitrogens with one attached hydrogen (secondary N) is 1. The number of hydrogen-bond donors (Lipinski definition) is 1. The fraction of sp³-hybridized carbons (Fsp3) is 0.462. The first-order valence-electron chi connectivity index (χ1n) is 5.65. The number of hydrogen-bond acceptors (Lipinski definition) is 1. The summed E-state index contributed by atoms with van der Waals surface area (Å²) in [6, 6.07) is 10.5. The van der Waals surface area contributed by atoms with Crippen LogP contribution in [0, 0.1) is 5.92 Å². The molecule has 1 heterocycles. The minimum absolute atomic E-state index is 0.213. The molecule has 1 aliphatic rings. The Morgan fingerprint density at radius 3 is 2.80 bits per heavy atom. The van der Waals surface area contributed by atoms with Gasteiger partial charge in [-0.2, -0.15) is 0 Å². The molecule has 1 fully saturated rings. The quantitative estimate of drug-likeness (QED) is 0.784. The van der Waals surface area contributed by atoms with Crippen LogP contribution < -0.4 is 5.32 Å². The van der Waals surface area contributed by atoms with E-state index < -0.39 is 0 Å². The van der Waals surface area contributed by atoms with Gasteiger partial charge in [0, 0.05) is 13.0 Å². The molecule has 0 aromatic heterocycles. The first-order valence-corrected chi connectivity index (χ1v) is 5.65. The van der Waals surface area contributed by atoms with Gasteiger partial charge in [0.15, 0.2) is 0 Å². The van der Waals surface area contributed by atoms with E-state index >= 15 is 0 Å². The van der Waals surface area contributed by atoms with E-state index in [-0.39, 0.29) is 5.91 Å². The topological polar surface area (TPSA) is 29.1 Å².